The molecule has 0 fully saturated rings. The van der Waals surface area contributed by atoms with Gasteiger partial charge in [-0.2, -0.15) is 0 Å². The molecule has 3 nitrogen and oxygen atoms in total. The van der Waals surface area contributed by atoms with Crippen molar-refractivity contribution in [1.82, 2.24) is 9.55 Å². The third-order valence-electron chi connectivity index (χ3n) is 3.75. The number of nitrogens with zero attached hydrogens (tertiary/aromatic N) is 2. The Hall–Kier alpha value is -1.95. The van der Waals surface area contributed by atoms with E-state index in [4.69, 9.17) is 11.6 Å². The second kappa shape index (κ2) is 6.16. The first-order chi connectivity index (χ1) is 11.6. The molecular weight excluding hydrogens is 408 g/mol. The third-order valence-corrected chi connectivity index (χ3v) is 5.65. The van der Waals surface area contributed by atoms with Crippen LogP contribution in [0.2, 0.25) is 5.02 Å². The average molecular weight is 418 g/mol. The lowest BCUT2D eigenvalue weighted by atomic mass is 10.1. The van der Waals surface area contributed by atoms with Crippen LogP contribution in [0.25, 0.3) is 27.0 Å². The summed E-state index contributed by atoms with van der Waals surface area (Å²) in [5.41, 5.74) is 3.38. The van der Waals surface area contributed by atoms with E-state index in [9.17, 15) is 4.79 Å². The molecule has 0 unspecified atom stereocenters. The summed E-state index contributed by atoms with van der Waals surface area (Å²) in [6.45, 7) is 0. The molecule has 6 heteroatoms. The highest BCUT2D eigenvalue weighted by Gasteiger charge is 2.14. The lowest BCUT2D eigenvalue weighted by Gasteiger charge is -2.06. The Morgan fingerprint density at radius 3 is 2.54 bits per heavy atom. The largest absolute Gasteiger partial charge is 0.275 e. The highest BCUT2D eigenvalue weighted by Crippen LogP contribution is 2.35. The average Bonchev–Trinajstić information content (AvgIpc) is 3.01. The zero-order chi connectivity index (χ0) is 16.7. The number of hydrogen-bond donors (Lipinski definition) is 0. The first-order valence-electron chi connectivity index (χ1n) is 7.15. The van der Waals surface area contributed by atoms with Gasteiger partial charge in [0.15, 0.2) is 0 Å². The summed E-state index contributed by atoms with van der Waals surface area (Å²) < 4.78 is 3.16. The molecule has 4 rings (SSSR count). The van der Waals surface area contributed by atoms with Gasteiger partial charge in [0.1, 0.15) is 11.0 Å². The lowest BCUT2D eigenvalue weighted by Crippen LogP contribution is -2.17. The molecule has 0 saturated carbocycles. The van der Waals surface area contributed by atoms with Crippen molar-refractivity contribution in [3.8, 4) is 16.8 Å². The summed E-state index contributed by atoms with van der Waals surface area (Å²) in [6.07, 6.45) is 1.57. The zero-order valence-electron chi connectivity index (χ0n) is 12.2. The molecule has 0 amide bonds. The molecule has 24 heavy (non-hydrogen) atoms. The third kappa shape index (κ3) is 2.59. The van der Waals surface area contributed by atoms with Gasteiger partial charge in [-0.25, -0.2) is 4.98 Å². The van der Waals surface area contributed by atoms with Crippen LogP contribution < -0.4 is 5.56 Å². The van der Waals surface area contributed by atoms with Crippen molar-refractivity contribution in [2.45, 2.75) is 0 Å². The summed E-state index contributed by atoms with van der Waals surface area (Å²) in [5.74, 6) is 0. The molecule has 0 aliphatic carbocycles. The van der Waals surface area contributed by atoms with E-state index in [0.717, 1.165) is 26.8 Å². The van der Waals surface area contributed by atoms with Crippen molar-refractivity contribution in [2.75, 3.05) is 0 Å². The maximum atomic E-state index is 12.8. The molecule has 2 heterocycles. The van der Waals surface area contributed by atoms with Gasteiger partial charge < -0.3 is 0 Å². The second-order valence-electron chi connectivity index (χ2n) is 5.20. The zero-order valence-corrected chi connectivity index (χ0v) is 15.4. The molecule has 0 atom stereocenters. The lowest BCUT2D eigenvalue weighted by molar-refractivity contribution is 0.967. The molecule has 0 N–H and O–H groups in total. The molecule has 4 aromatic rings. The number of thiophene rings is 1. The summed E-state index contributed by atoms with van der Waals surface area (Å²) in [7, 11) is 0. The molecule has 2 aromatic heterocycles. The van der Waals surface area contributed by atoms with E-state index in [1.807, 2.05) is 29.6 Å². The standard InChI is InChI=1S/C18H10BrClN2OS/c19-15-4-2-1-3-13(15)14-9-24-17-16(14)21-10-22(18(17)23)12-7-5-11(20)6-8-12/h1-10H. The van der Waals surface area contributed by atoms with E-state index in [1.165, 1.54) is 11.3 Å². The van der Waals surface area contributed by atoms with Gasteiger partial charge in [0.2, 0.25) is 0 Å². The van der Waals surface area contributed by atoms with Crippen LogP contribution in [0.5, 0.6) is 0 Å². The fourth-order valence-corrected chi connectivity index (χ4v) is 4.14. The fraction of sp³-hybridized carbons (Fsp3) is 0. The van der Waals surface area contributed by atoms with Crippen molar-refractivity contribution in [2.24, 2.45) is 0 Å². The summed E-state index contributed by atoms with van der Waals surface area (Å²) in [5, 5.41) is 2.61. The second-order valence-corrected chi connectivity index (χ2v) is 7.37. The van der Waals surface area contributed by atoms with Gasteiger partial charge in [0.05, 0.1) is 11.2 Å². The van der Waals surface area contributed by atoms with Crippen LogP contribution in [0.4, 0.5) is 0 Å². The van der Waals surface area contributed by atoms with Crippen molar-refractivity contribution in [3.63, 3.8) is 0 Å². The number of benzene rings is 2. The van der Waals surface area contributed by atoms with Gasteiger partial charge in [-0.15, -0.1) is 11.3 Å². The minimum atomic E-state index is -0.0781. The van der Waals surface area contributed by atoms with E-state index in [0.29, 0.717) is 9.72 Å². The topological polar surface area (TPSA) is 34.9 Å². The predicted octanol–water partition coefficient (Wildman–Crippen LogP) is 5.53. The monoisotopic (exact) mass is 416 g/mol. The van der Waals surface area contributed by atoms with Gasteiger partial charge in [-0.1, -0.05) is 45.7 Å². The number of aromatic nitrogens is 2. The molecule has 0 saturated heterocycles. The Kier molecular flexibility index (Phi) is 4.00. The highest BCUT2D eigenvalue weighted by molar-refractivity contribution is 9.10. The van der Waals surface area contributed by atoms with Crippen LogP contribution in [-0.4, -0.2) is 9.55 Å². The Bertz CT molecular complexity index is 1100. The number of halogens is 2. The van der Waals surface area contributed by atoms with Gasteiger partial charge in [-0.3, -0.25) is 9.36 Å². The smallest absolute Gasteiger partial charge is 0.267 e. The van der Waals surface area contributed by atoms with Gasteiger partial charge in [0, 0.05) is 20.4 Å². The minimum absolute atomic E-state index is 0.0781. The SMILES string of the molecule is O=c1c2scc(-c3ccccc3Br)c2ncn1-c1ccc(Cl)cc1. The molecule has 118 valence electrons. The predicted molar refractivity (Wildman–Crippen MR) is 103 cm³/mol. The summed E-state index contributed by atoms with van der Waals surface area (Å²) in [6, 6.07) is 15.1. The van der Waals surface area contributed by atoms with Crippen molar-refractivity contribution < 1.29 is 0 Å². The maximum Gasteiger partial charge on any atom is 0.275 e. The molecule has 0 spiro atoms. The summed E-state index contributed by atoms with van der Waals surface area (Å²) in [4.78, 5) is 17.4. The van der Waals surface area contributed by atoms with Crippen LogP contribution in [0.1, 0.15) is 0 Å². The van der Waals surface area contributed by atoms with Gasteiger partial charge in [0.25, 0.3) is 5.56 Å². The minimum Gasteiger partial charge on any atom is -0.267 e. The van der Waals surface area contributed by atoms with E-state index in [2.05, 4.69) is 20.9 Å². The molecule has 2 aromatic carbocycles. The normalized spacial score (nSPS) is 11.1. The molecule has 0 bridgehead atoms. The first-order valence-corrected chi connectivity index (χ1v) is 9.20. The molecule has 0 radical (unpaired) electrons. The Morgan fingerprint density at radius 1 is 1.04 bits per heavy atom. The molecule has 0 aliphatic heterocycles. The van der Waals surface area contributed by atoms with Crippen molar-refractivity contribution in [3.05, 3.63) is 80.1 Å². The van der Waals surface area contributed by atoms with E-state index >= 15 is 0 Å². The number of hydrogen-bond acceptors (Lipinski definition) is 3. The Labute approximate surface area is 155 Å². The van der Waals surface area contributed by atoms with Crippen LogP contribution >= 0.6 is 38.9 Å². The van der Waals surface area contributed by atoms with E-state index in [1.54, 1.807) is 35.2 Å². The highest BCUT2D eigenvalue weighted by atomic mass is 79.9. The van der Waals surface area contributed by atoms with Crippen LogP contribution in [0.3, 0.4) is 0 Å². The van der Waals surface area contributed by atoms with Crippen LogP contribution in [0.15, 0.2) is 69.5 Å². The Morgan fingerprint density at radius 2 is 1.79 bits per heavy atom. The molecular formula is C18H10BrClN2OS. The fourth-order valence-electron chi connectivity index (χ4n) is 2.57. The van der Waals surface area contributed by atoms with Crippen LogP contribution in [-0.2, 0) is 0 Å². The van der Waals surface area contributed by atoms with E-state index in [-0.39, 0.29) is 5.56 Å². The van der Waals surface area contributed by atoms with Crippen molar-refractivity contribution >= 4 is 49.1 Å². The van der Waals surface area contributed by atoms with Gasteiger partial charge >= 0.3 is 0 Å². The van der Waals surface area contributed by atoms with Gasteiger partial charge in [-0.05, 0) is 35.9 Å². The number of fused-ring (bicyclic) bond motifs is 1. The van der Waals surface area contributed by atoms with E-state index < -0.39 is 0 Å². The van der Waals surface area contributed by atoms with Crippen LogP contribution in [0, 0.1) is 0 Å². The first kappa shape index (κ1) is 15.6. The Balaban J connectivity index is 1.92. The number of rotatable bonds is 2. The maximum absolute atomic E-state index is 12.8. The summed E-state index contributed by atoms with van der Waals surface area (Å²) >= 11 is 10.9. The quantitative estimate of drug-likeness (QED) is 0.430. The van der Waals surface area contributed by atoms with Crippen molar-refractivity contribution in [1.29, 1.82) is 0 Å². The molecule has 0 aliphatic rings.